The molecule has 1 aromatic heterocycles. The summed E-state index contributed by atoms with van der Waals surface area (Å²) in [6.45, 7) is 2.04. The molecule has 2 aromatic rings. The first-order valence-electron chi connectivity index (χ1n) is 6.31. The van der Waals surface area contributed by atoms with Crippen molar-refractivity contribution in [3.8, 4) is 11.8 Å². The molecule has 0 aliphatic heterocycles. The Morgan fingerprint density at radius 2 is 2.20 bits per heavy atom. The minimum atomic E-state index is -0.203. The quantitative estimate of drug-likeness (QED) is 0.877. The third kappa shape index (κ3) is 3.60. The Kier molecular flexibility index (Phi) is 5.18. The van der Waals surface area contributed by atoms with Crippen LogP contribution in [0.4, 0.5) is 0 Å². The standard InChI is InChI=1S/C15H15BrN2OS/c1-2-12(18)15(13-6-7-14(16)20-13)19-11-5-3-4-10(8-11)9-17/h3-8,12,15H,2,18H2,1H3. The average Bonchev–Trinajstić information content (AvgIpc) is 2.90. The third-order valence-electron chi connectivity index (χ3n) is 2.96. The van der Waals surface area contributed by atoms with Gasteiger partial charge in [-0.2, -0.15) is 5.26 Å². The van der Waals surface area contributed by atoms with E-state index in [0.29, 0.717) is 11.3 Å². The minimum absolute atomic E-state index is 0.0914. The van der Waals surface area contributed by atoms with Crippen molar-refractivity contribution in [2.45, 2.75) is 25.5 Å². The van der Waals surface area contributed by atoms with Gasteiger partial charge < -0.3 is 10.5 Å². The van der Waals surface area contributed by atoms with E-state index in [0.717, 1.165) is 15.1 Å². The summed E-state index contributed by atoms with van der Waals surface area (Å²) in [4.78, 5) is 1.08. The van der Waals surface area contributed by atoms with Crippen LogP contribution in [0.3, 0.4) is 0 Å². The van der Waals surface area contributed by atoms with Crippen molar-refractivity contribution in [2.75, 3.05) is 0 Å². The molecule has 0 spiro atoms. The second-order valence-corrected chi connectivity index (χ2v) is 6.89. The summed E-state index contributed by atoms with van der Waals surface area (Å²) in [5, 5.41) is 8.94. The molecule has 2 rings (SSSR count). The number of nitrogens with zero attached hydrogens (tertiary/aromatic N) is 1. The number of nitrogens with two attached hydrogens (primary N) is 1. The first-order valence-corrected chi connectivity index (χ1v) is 7.92. The molecule has 1 aromatic carbocycles. The Labute approximate surface area is 131 Å². The van der Waals surface area contributed by atoms with Crippen molar-refractivity contribution in [1.29, 1.82) is 5.26 Å². The van der Waals surface area contributed by atoms with Gasteiger partial charge in [0.1, 0.15) is 11.9 Å². The van der Waals surface area contributed by atoms with Crippen molar-refractivity contribution in [1.82, 2.24) is 0 Å². The van der Waals surface area contributed by atoms with Crippen LogP contribution in [0, 0.1) is 11.3 Å². The Morgan fingerprint density at radius 1 is 1.40 bits per heavy atom. The fourth-order valence-electron chi connectivity index (χ4n) is 1.84. The van der Waals surface area contributed by atoms with Gasteiger partial charge in [0.05, 0.1) is 15.4 Å². The van der Waals surface area contributed by atoms with Crippen LogP contribution in [0.25, 0.3) is 0 Å². The number of ether oxygens (including phenoxy) is 1. The zero-order valence-electron chi connectivity index (χ0n) is 11.0. The first-order chi connectivity index (χ1) is 9.63. The summed E-state index contributed by atoms with van der Waals surface area (Å²) < 4.78 is 7.07. The van der Waals surface area contributed by atoms with Crippen molar-refractivity contribution < 1.29 is 4.74 Å². The molecule has 0 aliphatic carbocycles. The Morgan fingerprint density at radius 3 is 2.80 bits per heavy atom. The lowest BCUT2D eigenvalue weighted by atomic mass is 10.1. The van der Waals surface area contributed by atoms with Gasteiger partial charge in [0.15, 0.2) is 0 Å². The van der Waals surface area contributed by atoms with Crippen LogP contribution in [-0.4, -0.2) is 6.04 Å². The summed E-state index contributed by atoms with van der Waals surface area (Å²) in [6, 6.07) is 13.2. The molecule has 0 radical (unpaired) electrons. The van der Waals surface area contributed by atoms with Gasteiger partial charge in [0.2, 0.25) is 0 Å². The van der Waals surface area contributed by atoms with E-state index in [1.165, 1.54) is 0 Å². The zero-order chi connectivity index (χ0) is 14.5. The van der Waals surface area contributed by atoms with Crippen LogP contribution in [-0.2, 0) is 0 Å². The van der Waals surface area contributed by atoms with Crippen molar-refractivity contribution in [3.63, 3.8) is 0 Å². The topological polar surface area (TPSA) is 59.0 Å². The molecule has 0 bridgehead atoms. The van der Waals surface area contributed by atoms with Gasteiger partial charge >= 0.3 is 0 Å². The normalized spacial score (nSPS) is 13.5. The Bertz CT molecular complexity index is 620. The van der Waals surface area contributed by atoms with E-state index in [1.54, 1.807) is 23.5 Å². The second kappa shape index (κ2) is 6.89. The Balaban J connectivity index is 2.26. The predicted octanol–water partition coefficient (Wildman–Crippen LogP) is 4.24. The third-order valence-corrected chi connectivity index (χ3v) is 4.65. The maximum atomic E-state index is 8.94. The summed E-state index contributed by atoms with van der Waals surface area (Å²) in [6.07, 6.45) is 0.614. The van der Waals surface area contributed by atoms with E-state index < -0.39 is 0 Å². The largest absolute Gasteiger partial charge is 0.483 e. The smallest absolute Gasteiger partial charge is 0.148 e. The highest BCUT2D eigenvalue weighted by Crippen LogP contribution is 2.33. The molecule has 3 nitrogen and oxygen atoms in total. The van der Waals surface area contributed by atoms with Crippen molar-refractivity contribution in [3.05, 3.63) is 50.6 Å². The molecule has 1 heterocycles. The number of halogens is 1. The molecule has 0 amide bonds. The van der Waals surface area contributed by atoms with Crippen LogP contribution in [0.1, 0.15) is 29.9 Å². The molecule has 104 valence electrons. The molecule has 20 heavy (non-hydrogen) atoms. The molecule has 0 saturated heterocycles. The van der Waals surface area contributed by atoms with E-state index in [1.807, 2.05) is 31.2 Å². The Hall–Kier alpha value is -1.35. The molecular formula is C15H15BrN2OS. The number of hydrogen-bond donors (Lipinski definition) is 1. The van der Waals surface area contributed by atoms with Gasteiger partial charge in [-0.15, -0.1) is 11.3 Å². The first kappa shape index (κ1) is 15.0. The number of nitriles is 1. The van der Waals surface area contributed by atoms with Crippen LogP contribution < -0.4 is 10.5 Å². The van der Waals surface area contributed by atoms with Crippen LogP contribution >= 0.6 is 27.3 Å². The molecule has 2 N–H and O–H groups in total. The maximum absolute atomic E-state index is 8.94. The summed E-state index contributed by atoms with van der Waals surface area (Å²) in [5.41, 5.74) is 6.76. The van der Waals surface area contributed by atoms with E-state index in [4.69, 9.17) is 15.7 Å². The summed E-state index contributed by atoms with van der Waals surface area (Å²) >= 11 is 5.07. The fourth-order valence-corrected chi connectivity index (χ4v) is 3.37. The molecule has 0 aliphatic rings. The molecule has 5 heteroatoms. The van der Waals surface area contributed by atoms with Gasteiger partial charge in [-0.05, 0) is 52.7 Å². The number of benzene rings is 1. The lowest BCUT2D eigenvalue weighted by molar-refractivity contribution is 0.174. The van der Waals surface area contributed by atoms with E-state index >= 15 is 0 Å². The lowest BCUT2D eigenvalue weighted by Gasteiger charge is -2.23. The van der Waals surface area contributed by atoms with Gasteiger partial charge in [-0.25, -0.2) is 0 Å². The highest BCUT2D eigenvalue weighted by atomic mass is 79.9. The zero-order valence-corrected chi connectivity index (χ0v) is 13.4. The predicted molar refractivity (Wildman–Crippen MR) is 84.8 cm³/mol. The van der Waals surface area contributed by atoms with Gasteiger partial charge in [-0.3, -0.25) is 0 Å². The van der Waals surface area contributed by atoms with E-state index in [2.05, 4.69) is 22.0 Å². The maximum Gasteiger partial charge on any atom is 0.148 e. The number of rotatable bonds is 5. The molecule has 2 atom stereocenters. The molecule has 0 fully saturated rings. The van der Waals surface area contributed by atoms with Crippen LogP contribution in [0.2, 0.25) is 0 Å². The SMILES string of the molecule is CCC(N)C(Oc1cccc(C#N)c1)c1ccc(Br)s1. The van der Waals surface area contributed by atoms with Crippen molar-refractivity contribution in [2.24, 2.45) is 5.73 Å². The average molecular weight is 351 g/mol. The lowest BCUT2D eigenvalue weighted by Crippen LogP contribution is -2.30. The minimum Gasteiger partial charge on any atom is -0.483 e. The highest BCUT2D eigenvalue weighted by Gasteiger charge is 2.22. The van der Waals surface area contributed by atoms with Crippen LogP contribution in [0.15, 0.2) is 40.2 Å². The second-order valence-electron chi connectivity index (χ2n) is 4.39. The van der Waals surface area contributed by atoms with Gasteiger partial charge in [0, 0.05) is 10.9 Å². The summed E-state index contributed by atoms with van der Waals surface area (Å²) in [7, 11) is 0. The molecule has 0 saturated carbocycles. The van der Waals surface area contributed by atoms with Gasteiger partial charge in [-0.1, -0.05) is 13.0 Å². The fraction of sp³-hybridized carbons (Fsp3) is 0.267. The van der Waals surface area contributed by atoms with E-state index in [-0.39, 0.29) is 12.1 Å². The number of thiophene rings is 1. The van der Waals surface area contributed by atoms with Crippen LogP contribution in [0.5, 0.6) is 5.75 Å². The highest BCUT2D eigenvalue weighted by molar-refractivity contribution is 9.11. The molecule has 2 unspecified atom stereocenters. The summed E-state index contributed by atoms with van der Waals surface area (Å²) in [5.74, 6) is 0.669. The number of hydrogen-bond acceptors (Lipinski definition) is 4. The monoisotopic (exact) mass is 350 g/mol. The van der Waals surface area contributed by atoms with E-state index in [9.17, 15) is 0 Å². The molecular weight excluding hydrogens is 336 g/mol. The van der Waals surface area contributed by atoms with Gasteiger partial charge in [0.25, 0.3) is 0 Å². The van der Waals surface area contributed by atoms with Crippen molar-refractivity contribution >= 4 is 27.3 Å².